The molecule has 56 valence electrons. The lowest BCUT2D eigenvalue weighted by atomic mass is 10.0. The Morgan fingerprint density at radius 2 is 1.89 bits per heavy atom. The topological polar surface area (TPSA) is 20.2 Å². The Labute approximate surface area is 71.0 Å². The maximum Gasteiger partial charge on any atom is 0.0547 e. The highest BCUT2D eigenvalue weighted by Gasteiger charge is 2.15. The van der Waals surface area contributed by atoms with Gasteiger partial charge in [-0.15, -0.1) is 0 Å². The second-order valence-electron chi connectivity index (χ2n) is 2.52. The van der Waals surface area contributed by atoms with Gasteiger partial charge in [-0.2, -0.15) is 0 Å². The van der Waals surface area contributed by atoms with Gasteiger partial charge in [0.25, 0.3) is 0 Å². The standard InChI is InChI=1S/C7H15IO/c1-4-7(8)5(2)6(3)9/h5-7,9H,4H2,1-3H3. The lowest BCUT2D eigenvalue weighted by Gasteiger charge is -2.18. The maximum absolute atomic E-state index is 9.12. The summed E-state index contributed by atoms with van der Waals surface area (Å²) in [4.78, 5) is 0. The van der Waals surface area contributed by atoms with Crippen molar-refractivity contribution >= 4 is 22.6 Å². The molecule has 1 N–H and O–H groups in total. The molecule has 0 heterocycles. The summed E-state index contributed by atoms with van der Waals surface area (Å²) in [5, 5.41) is 9.12. The number of aliphatic hydroxyl groups excluding tert-OH is 1. The molecule has 1 nitrogen and oxygen atoms in total. The molecule has 0 spiro atoms. The van der Waals surface area contributed by atoms with Crippen molar-refractivity contribution in [1.82, 2.24) is 0 Å². The maximum atomic E-state index is 9.12. The molecule has 9 heavy (non-hydrogen) atoms. The highest BCUT2D eigenvalue weighted by atomic mass is 127. The van der Waals surface area contributed by atoms with E-state index in [2.05, 4.69) is 36.4 Å². The van der Waals surface area contributed by atoms with E-state index < -0.39 is 0 Å². The number of rotatable bonds is 3. The number of alkyl halides is 1. The van der Waals surface area contributed by atoms with E-state index in [0.717, 1.165) is 6.42 Å². The van der Waals surface area contributed by atoms with Crippen LogP contribution in [0.5, 0.6) is 0 Å². The third-order valence-electron chi connectivity index (χ3n) is 1.72. The lowest BCUT2D eigenvalue weighted by molar-refractivity contribution is 0.135. The van der Waals surface area contributed by atoms with Gasteiger partial charge in [0.15, 0.2) is 0 Å². The number of aliphatic hydroxyl groups is 1. The molecule has 0 amide bonds. The molecule has 0 radical (unpaired) electrons. The zero-order valence-electron chi connectivity index (χ0n) is 6.26. The van der Waals surface area contributed by atoms with Gasteiger partial charge in [0, 0.05) is 3.92 Å². The Morgan fingerprint density at radius 1 is 1.44 bits per heavy atom. The number of hydrogen-bond acceptors (Lipinski definition) is 1. The molecular weight excluding hydrogens is 227 g/mol. The van der Waals surface area contributed by atoms with Gasteiger partial charge in [-0.1, -0.05) is 36.4 Å². The van der Waals surface area contributed by atoms with Crippen molar-refractivity contribution in [2.45, 2.75) is 37.2 Å². The van der Waals surface area contributed by atoms with Gasteiger partial charge in [0.1, 0.15) is 0 Å². The highest BCUT2D eigenvalue weighted by molar-refractivity contribution is 14.1. The summed E-state index contributed by atoms with van der Waals surface area (Å²) in [6.07, 6.45) is 0.985. The van der Waals surface area contributed by atoms with Crippen LogP contribution in [-0.2, 0) is 0 Å². The van der Waals surface area contributed by atoms with Crippen LogP contribution >= 0.6 is 22.6 Å². The molecule has 0 saturated heterocycles. The van der Waals surface area contributed by atoms with Crippen LogP contribution in [-0.4, -0.2) is 15.1 Å². The molecule has 0 aliphatic heterocycles. The van der Waals surface area contributed by atoms with E-state index in [4.69, 9.17) is 5.11 Å². The second kappa shape index (κ2) is 4.50. The Kier molecular flexibility index (Phi) is 4.84. The minimum atomic E-state index is -0.160. The van der Waals surface area contributed by atoms with E-state index in [0.29, 0.717) is 9.84 Å². The highest BCUT2D eigenvalue weighted by Crippen LogP contribution is 2.19. The fraction of sp³-hybridized carbons (Fsp3) is 1.00. The van der Waals surface area contributed by atoms with Crippen LogP contribution in [0.1, 0.15) is 27.2 Å². The molecule has 0 bridgehead atoms. The Hall–Kier alpha value is 0.690. The fourth-order valence-electron chi connectivity index (χ4n) is 0.674. The minimum absolute atomic E-state index is 0.160. The Balaban J connectivity index is 3.58. The van der Waals surface area contributed by atoms with Gasteiger partial charge in [0.05, 0.1) is 6.10 Å². The predicted octanol–water partition coefficient (Wildman–Crippen LogP) is 2.22. The van der Waals surface area contributed by atoms with Crippen molar-refractivity contribution < 1.29 is 5.11 Å². The quantitative estimate of drug-likeness (QED) is 0.594. The third kappa shape index (κ3) is 3.40. The van der Waals surface area contributed by atoms with Crippen LogP contribution in [0.15, 0.2) is 0 Å². The van der Waals surface area contributed by atoms with Crippen molar-refractivity contribution in [3.8, 4) is 0 Å². The molecule has 3 atom stereocenters. The molecular formula is C7H15IO. The lowest BCUT2D eigenvalue weighted by Crippen LogP contribution is -2.21. The molecule has 0 saturated carbocycles. The van der Waals surface area contributed by atoms with E-state index in [1.165, 1.54) is 0 Å². The first-order chi connectivity index (χ1) is 4.09. The minimum Gasteiger partial charge on any atom is -0.393 e. The summed E-state index contributed by atoms with van der Waals surface area (Å²) in [5.74, 6) is 0.426. The van der Waals surface area contributed by atoms with Crippen molar-refractivity contribution in [2.24, 2.45) is 5.92 Å². The number of halogens is 1. The zero-order chi connectivity index (χ0) is 7.44. The SMILES string of the molecule is CCC(I)C(C)C(C)O. The van der Waals surface area contributed by atoms with Crippen LogP contribution in [0.2, 0.25) is 0 Å². The zero-order valence-corrected chi connectivity index (χ0v) is 8.42. The van der Waals surface area contributed by atoms with E-state index in [1.807, 2.05) is 6.92 Å². The van der Waals surface area contributed by atoms with Crippen molar-refractivity contribution in [2.75, 3.05) is 0 Å². The molecule has 0 aliphatic rings. The molecule has 0 aromatic rings. The van der Waals surface area contributed by atoms with E-state index in [1.54, 1.807) is 0 Å². The molecule has 3 unspecified atom stereocenters. The summed E-state index contributed by atoms with van der Waals surface area (Å²) in [6, 6.07) is 0. The van der Waals surface area contributed by atoms with Gasteiger partial charge in [-0.05, 0) is 19.3 Å². The first kappa shape index (κ1) is 9.69. The van der Waals surface area contributed by atoms with Crippen LogP contribution in [0.25, 0.3) is 0 Å². The number of hydrogen-bond donors (Lipinski definition) is 1. The van der Waals surface area contributed by atoms with Crippen molar-refractivity contribution in [1.29, 1.82) is 0 Å². The second-order valence-corrected chi connectivity index (χ2v) is 4.12. The van der Waals surface area contributed by atoms with E-state index in [-0.39, 0.29) is 6.10 Å². The largest absolute Gasteiger partial charge is 0.393 e. The van der Waals surface area contributed by atoms with E-state index in [9.17, 15) is 0 Å². The summed E-state index contributed by atoms with van der Waals surface area (Å²) < 4.78 is 0.614. The Bertz CT molecular complexity index is 73.3. The van der Waals surface area contributed by atoms with Crippen LogP contribution < -0.4 is 0 Å². The molecule has 2 heteroatoms. The Morgan fingerprint density at radius 3 is 2.00 bits per heavy atom. The summed E-state index contributed by atoms with van der Waals surface area (Å²) in [5.41, 5.74) is 0. The molecule has 0 aromatic heterocycles. The van der Waals surface area contributed by atoms with Gasteiger partial charge in [-0.3, -0.25) is 0 Å². The summed E-state index contributed by atoms with van der Waals surface area (Å²) in [7, 11) is 0. The van der Waals surface area contributed by atoms with Crippen LogP contribution in [0.3, 0.4) is 0 Å². The molecule has 0 aromatic carbocycles. The monoisotopic (exact) mass is 242 g/mol. The average Bonchev–Trinajstić information content (AvgIpc) is 1.84. The van der Waals surface area contributed by atoms with Crippen LogP contribution in [0, 0.1) is 5.92 Å². The third-order valence-corrected chi connectivity index (χ3v) is 3.74. The van der Waals surface area contributed by atoms with Crippen LogP contribution in [0.4, 0.5) is 0 Å². The molecule has 0 fully saturated rings. The van der Waals surface area contributed by atoms with Gasteiger partial charge < -0.3 is 5.11 Å². The fourth-order valence-corrected chi connectivity index (χ4v) is 1.27. The van der Waals surface area contributed by atoms with E-state index >= 15 is 0 Å². The van der Waals surface area contributed by atoms with Gasteiger partial charge in [-0.25, -0.2) is 0 Å². The van der Waals surface area contributed by atoms with Crippen molar-refractivity contribution in [3.05, 3.63) is 0 Å². The van der Waals surface area contributed by atoms with Crippen molar-refractivity contribution in [3.63, 3.8) is 0 Å². The van der Waals surface area contributed by atoms with Gasteiger partial charge in [0.2, 0.25) is 0 Å². The smallest absolute Gasteiger partial charge is 0.0547 e. The predicted molar refractivity (Wildman–Crippen MR) is 48.9 cm³/mol. The summed E-state index contributed by atoms with van der Waals surface area (Å²) >= 11 is 2.39. The normalized spacial score (nSPS) is 21.0. The van der Waals surface area contributed by atoms with Gasteiger partial charge >= 0.3 is 0 Å². The molecule has 0 rings (SSSR count). The first-order valence-corrected chi connectivity index (χ1v) is 4.66. The summed E-state index contributed by atoms with van der Waals surface area (Å²) in [6.45, 7) is 6.09. The molecule has 0 aliphatic carbocycles. The average molecular weight is 242 g/mol. The first-order valence-electron chi connectivity index (χ1n) is 3.41.